The molecular weight excluding hydrogens is 164 g/mol. The molecule has 0 unspecified atom stereocenters. The number of allylic oxidation sites excluding steroid dienone is 1. The van der Waals surface area contributed by atoms with Crippen LogP contribution in [0.2, 0.25) is 0 Å². The van der Waals surface area contributed by atoms with Crippen LogP contribution in [0.15, 0.2) is 24.5 Å². The van der Waals surface area contributed by atoms with Gasteiger partial charge in [0.15, 0.2) is 5.75 Å². The summed E-state index contributed by atoms with van der Waals surface area (Å²) >= 11 is 0. The number of ether oxygens (including phenoxy) is 1. The first-order chi connectivity index (χ1) is 6.36. The third kappa shape index (κ3) is 3.32. The molecule has 1 rings (SSSR count). The fraction of sp³-hybridized carbons (Fsp3) is 0.500. The van der Waals surface area contributed by atoms with Gasteiger partial charge < -0.3 is 4.74 Å². The summed E-state index contributed by atoms with van der Waals surface area (Å²) in [6.07, 6.45) is 8.70. The van der Waals surface area contributed by atoms with Gasteiger partial charge in [0.25, 0.3) is 0 Å². The minimum atomic E-state index is 0.619. The second-order valence-corrected chi connectivity index (χ2v) is 2.82. The van der Waals surface area contributed by atoms with Gasteiger partial charge in [-0.1, -0.05) is 19.1 Å². The molecule has 3 nitrogen and oxygen atoms in total. The van der Waals surface area contributed by atoms with Gasteiger partial charge in [0.1, 0.15) is 6.61 Å². The van der Waals surface area contributed by atoms with Crippen molar-refractivity contribution >= 4 is 0 Å². The molecule has 0 N–H and O–H groups in total. The highest BCUT2D eigenvalue weighted by Crippen LogP contribution is 2.08. The van der Waals surface area contributed by atoms with Crippen molar-refractivity contribution in [3.8, 4) is 5.75 Å². The molecule has 0 atom stereocenters. The zero-order valence-corrected chi connectivity index (χ0v) is 8.23. The van der Waals surface area contributed by atoms with Gasteiger partial charge in [-0.2, -0.15) is 5.10 Å². The van der Waals surface area contributed by atoms with E-state index in [4.69, 9.17) is 4.74 Å². The second-order valence-electron chi connectivity index (χ2n) is 2.82. The standard InChI is InChI=1S/C10H16N2O/c1-3-5-7-13-10-8-11-12(9-10)6-4-2/h3,5,8-9H,4,6-7H2,1-2H3/b5-3+. The van der Waals surface area contributed by atoms with Crippen molar-refractivity contribution in [2.75, 3.05) is 6.61 Å². The number of nitrogens with zero attached hydrogens (tertiary/aromatic N) is 2. The van der Waals surface area contributed by atoms with E-state index in [1.54, 1.807) is 6.20 Å². The van der Waals surface area contributed by atoms with E-state index in [1.807, 2.05) is 30.0 Å². The summed E-state index contributed by atoms with van der Waals surface area (Å²) in [4.78, 5) is 0. The average Bonchev–Trinajstić information content (AvgIpc) is 2.54. The Labute approximate surface area is 79.0 Å². The molecule has 1 aromatic heterocycles. The lowest BCUT2D eigenvalue weighted by atomic mass is 10.5. The molecule has 0 saturated heterocycles. The summed E-state index contributed by atoms with van der Waals surface area (Å²) < 4.78 is 7.30. The van der Waals surface area contributed by atoms with Crippen LogP contribution in [0.5, 0.6) is 5.75 Å². The predicted octanol–water partition coefficient (Wildman–Crippen LogP) is 2.25. The summed E-state index contributed by atoms with van der Waals surface area (Å²) in [6.45, 7) is 5.67. The van der Waals surface area contributed by atoms with Crippen LogP contribution in [0.25, 0.3) is 0 Å². The predicted molar refractivity (Wildman–Crippen MR) is 52.8 cm³/mol. The fourth-order valence-electron chi connectivity index (χ4n) is 1.01. The second kappa shape index (κ2) is 5.41. The van der Waals surface area contributed by atoms with Gasteiger partial charge in [0.05, 0.1) is 12.4 Å². The summed E-state index contributed by atoms with van der Waals surface area (Å²) in [5.74, 6) is 0.839. The fourth-order valence-corrected chi connectivity index (χ4v) is 1.01. The maximum absolute atomic E-state index is 5.40. The van der Waals surface area contributed by atoms with Crippen molar-refractivity contribution in [1.29, 1.82) is 0 Å². The van der Waals surface area contributed by atoms with Crippen molar-refractivity contribution in [1.82, 2.24) is 9.78 Å². The molecule has 1 aromatic rings. The Morgan fingerprint density at radius 1 is 1.62 bits per heavy atom. The van der Waals surface area contributed by atoms with Crippen LogP contribution in [0, 0.1) is 0 Å². The van der Waals surface area contributed by atoms with Crippen LogP contribution < -0.4 is 4.74 Å². The topological polar surface area (TPSA) is 27.1 Å². The molecule has 0 aliphatic heterocycles. The maximum Gasteiger partial charge on any atom is 0.157 e. The molecule has 3 heteroatoms. The van der Waals surface area contributed by atoms with Crippen LogP contribution in [0.1, 0.15) is 20.3 Å². The van der Waals surface area contributed by atoms with E-state index < -0.39 is 0 Å². The lowest BCUT2D eigenvalue weighted by Gasteiger charge is -1.97. The van der Waals surface area contributed by atoms with E-state index in [2.05, 4.69) is 12.0 Å². The highest BCUT2D eigenvalue weighted by Gasteiger charge is 1.96. The minimum Gasteiger partial charge on any atom is -0.486 e. The first-order valence-electron chi connectivity index (χ1n) is 4.63. The molecule has 13 heavy (non-hydrogen) atoms. The van der Waals surface area contributed by atoms with Crippen molar-refractivity contribution in [3.05, 3.63) is 24.5 Å². The van der Waals surface area contributed by atoms with Crippen molar-refractivity contribution < 1.29 is 4.74 Å². The van der Waals surface area contributed by atoms with E-state index in [9.17, 15) is 0 Å². The SMILES string of the molecule is C/C=C/COc1cnn(CCC)c1. The summed E-state index contributed by atoms with van der Waals surface area (Å²) in [6, 6.07) is 0. The quantitative estimate of drug-likeness (QED) is 0.650. The van der Waals surface area contributed by atoms with Crippen molar-refractivity contribution in [2.45, 2.75) is 26.8 Å². The number of aryl methyl sites for hydroxylation is 1. The van der Waals surface area contributed by atoms with Gasteiger partial charge in [-0.25, -0.2) is 0 Å². The first kappa shape index (κ1) is 9.84. The zero-order chi connectivity index (χ0) is 9.52. The molecule has 0 aliphatic carbocycles. The monoisotopic (exact) mass is 180 g/mol. The van der Waals surface area contributed by atoms with Crippen LogP contribution >= 0.6 is 0 Å². The Hall–Kier alpha value is -1.25. The maximum atomic E-state index is 5.40. The Morgan fingerprint density at radius 3 is 3.15 bits per heavy atom. The number of hydrogen-bond acceptors (Lipinski definition) is 2. The van der Waals surface area contributed by atoms with Crippen LogP contribution in [0.4, 0.5) is 0 Å². The molecule has 0 saturated carbocycles. The molecule has 0 fully saturated rings. The van der Waals surface area contributed by atoms with Gasteiger partial charge in [0.2, 0.25) is 0 Å². The highest BCUT2D eigenvalue weighted by atomic mass is 16.5. The molecule has 0 bridgehead atoms. The van der Waals surface area contributed by atoms with Gasteiger partial charge in [-0.05, 0) is 13.3 Å². The molecule has 0 aliphatic rings. The largest absolute Gasteiger partial charge is 0.486 e. The summed E-state index contributed by atoms with van der Waals surface area (Å²) in [5.41, 5.74) is 0. The van der Waals surface area contributed by atoms with Crippen molar-refractivity contribution in [3.63, 3.8) is 0 Å². The van der Waals surface area contributed by atoms with Gasteiger partial charge >= 0.3 is 0 Å². The normalized spacial score (nSPS) is 10.9. The van der Waals surface area contributed by atoms with Crippen LogP contribution in [-0.2, 0) is 6.54 Å². The van der Waals surface area contributed by atoms with E-state index >= 15 is 0 Å². The third-order valence-corrected chi connectivity index (χ3v) is 1.64. The molecular formula is C10H16N2O. The highest BCUT2D eigenvalue weighted by molar-refractivity contribution is 5.12. The molecule has 0 aromatic carbocycles. The molecule has 72 valence electrons. The Morgan fingerprint density at radius 2 is 2.46 bits per heavy atom. The summed E-state index contributed by atoms with van der Waals surface area (Å²) in [5, 5.41) is 4.15. The average molecular weight is 180 g/mol. The van der Waals surface area contributed by atoms with E-state index in [0.717, 1.165) is 18.7 Å². The van der Waals surface area contributed by atoms with Gasteiger partial charge in [0, 0.05) is 6.54 Å². The minimum absolute atomic E-state index is 0.619. The Kier molecular flexibility index (Phi) is 4.09. The third-order valence-electron chi connectivity index (χ3n) is 1.64. The lowest BCUT2D eigenvalue weighted by Crippen LogP contribution is -1.96. The number of hydrogen-bond donors (Lipinski definition) is 0. The van der Waals surface area contributed by atoms with E-state index in [0.29, 0.717) is 6.61 Å². The molecule has 0 amide bonds. The lowest BCUT2D eigenvalue weighted by molar-refractivity contribution is 0.362. The first-order valence-corrected chi connectivity index (χ1v) is 4.63. The molecule has 0 spiro atoms. The molecule has 1 heterocycles. The Balaban J connectivity index is 2.39. The van der Waals surface area contributed by atoms with Crippen LogP contribution in [-0.4, -0.2) is 16.4 Å². The smallest absolute Gasteiger partial charge is 0.157 e. The number of aromatic nitrogens is 2. The Bertz CT molecular complexity index is 266. The van der Waals surface area contributed by atoms with Gasteiger partial charge in [-0.3, -0.25) is 4.68 Å². The molecule has 0 radical (unpaired) electrons. The zero-order valence-electron chi connectivity index (χ0n) is 8.23. The van der Waals surface area contributed by atoms with E-state index in [-0.39, 0.29) is 0 Å². The van der Waals surface area contributed by atoms with Crippen molar-refractivity contribution in [2.24, 2.45) is 0 Å². The van der Waals surface area contributed by atoms with Gasteiger partial charge in [-0.15, -0.1) is 0 Å². The van der Waals surface area contributed by atoms with E-state index in [1.165, 1.54) is 0 Å². The summed E-state index contributed by atoms with van der Waals surface area (Å²) in [7, 11) is 0. The van der Waals surface area contributed by atoms with Crippen LogP contribution in [0.3, 0.4) is 0 Å². The number of rotatable bonds is 5.